The third-order valence-electron chi connectivity index (χ3n) is 4.86. The quantitative estimate of drug-likeness (QED) is 0.730. The summed E-state index contributed by atoms with van der Waals surface area (Å²) >= 11 is 0. The molecule has 1 aromatic heterocycles. The summed E-state index contributed by atoms with van der Waals surface area (Å²) < 4.78 is 7.33. The monoisotopic (exact) mass is 329 g/mol. The highest BCUT2D eigenvalue weighted by Gasteiger charge is 2.33. The number of hydrogen-bond acceptors (Lipinski definition) is 3. The first-order chi connectivity index (χ1) is 11.8. The van der Waals surface area contributed by atoms with Gasteiger partial charge in [0.1, 0.15) is 5.82 Å². The SMILES string of the molecule is CCn1c(C2CCCN2C(=O)CCCCOC)nc2ccccc21. The van der Waals surface area contributed by atoms with Crippen LogP contribution in [0, 0.1) is 0 Å². The van der Waals surface area contributed by atoms with Gasteiger partial charge in [0.2, 0.25) is 5.91 Å². The summed E-state index contributed by atoms with van der Waals surface area (Å²) in [5.41, 5.74) is 2.18. The first-order valence-electron chi connectivity index (χ1n) is 8.99. The van der Waals surface area contributed by atoms with Gasteiger partial charge in [-0.15, -0.1) is 0 Å². The Kier molecular flexibility index (Phi) is 5.51. The molecule has 0 spiro atoms. The third-order valence-corrected chi connectivity index (χ3v) is 4.86. The Morgan fingerprint density at radius 2 is 2.17 bits per heavy atom. The molecular weight excluding hydrogens is 302 g/mol. The van der Waals surface area contributed by atoms with Crippen LogP contribution in [0.5, 0.6) is 0 Å². The van der Waals surface area contributed by atoms with Crippen LogP contribution in [0.2, 0.25) is 0 Å². The summed E-state index contributed by atoms with van der Waals surface area (Å²) in [5, 5.41) is 0. The maximum atomic E-state index is 12.7. The van der Waals surface area contributed by atoms with Crippen molar-refractivity contribution in [3.63, 3.8) is 0 Å². The highest BCUT2D eigenvalue weighted by Crippen LogP contribution is 2.34. The fourth-order valence-corrected chi connectivity index (χ4v) is 3.68. The number of aromatic nitrogens is 2. The number of benzene rings is 1. The van der Waals surface area contributed by atoms with E-state index in [9.17, 15) is 4.79 Å². The Morgan fingerprint density at radius 3 is 2.96 bits per heavy atom. The number of methoxy groups -OCH3 is 1. The van der Waals surface area contributed by atoms with E-state index in [1.807, 2.05) is 17.0 Å². The van der Waals surface area contributed by atoms with Crippen LogP contribution in [-0.4, -0.2) is 40.6 Å². The van der Waals surface area contributed by atoms with E-state index in [4.69, 9.17) is 9.72 Å². The molecule has 1 aliphatic rings. The van der Waals surface area contributed by atoms with Gasteiger partial charge in [-0.3, -0.25) is 4.79 Å². The van der Waals surface area contributed by atoms with Crippen LogP contribution >= 0.6 is 0 Å². The Labute approximate surface area is 143 Å². The lowest BCUT2D eigenvalue weighted by molar-refractivity contribution is -0.132. The predicted octanol–water partition coefficient (Wildman–Crippen LogP) is 3.54. The Hall–Kier alpha value is -1.88. The second-order valence-electron chi connectivity index (χ2n) is 6.40. The Balaban J connectivity index is 1.79. The number of carbonyl (C=O) groups is 1. The molecule has 1 fully saturated rings. The maximum Gasteiger partial charge on any atom is 0.223 e. The summed E-state index contributed by atoms with van der Waals surface area (Å²) in [5.74, 6) is 1.30. The van der Waals surface area contributed by atoms with Crippen molar-refractivity contribution < 1.29 is 9.53 Å². The molecule has 0 radical (unpaired) electrons. The van der Waals surface area contributed by atoms with E-state index in [1.165, 1.54) is 0 Å². The molecule has 24 heavy (non-hydrogen) atoms. The van der Waals surface area contributed by atoms with Crippen LogP contribution in [0.15, 0.2) is 24.3 Å². The zero-order valence-electron chi connectivity index (χ0n) is 14.7. The average Bonchev–Trinajstić information content (AvgIpc) is 3.22. The van der Waals surface area contributed by atoms with Crippen LogP contribution in [0.25, 0.3) is 11.0 Å². The average molecular weight is 329 g/mol. The molecule has 1 aliphatic heterocycles. The van der Waals surface area contributed by atoms with Crippen molar-refractivity contribution in [2.24, 2.45) is 0 Å². The van der Waals surface area contributed by atoms with Crippen molar-refractivity contribution in [2.45, 2.75) is 51.6 Å². The predicted molar refractivity (Wildman–Crippen MR) is 94.8 cm³/mol. The Bertz CT molecular complexity index is 695. The molecular formula is C19H27N3O2. The largest absolute Gasteiger partial charge is 0.385 e. The number of amides is 1. The normalized spacial score (nSPS) is 17.8. The summed E-state index contributed by atoms with van der Waals surface area (Å²) in [4.78, 5) is 19.6. The molecule has 0 N–H and O–H groups in total. The van der Waals surface area contributed by atoms with Crippen LogP contribution in [-0.2, 0) is 16.1 Å². The van der Waals surface area contributed by atoms with Gasteiger partial charge >= 0.3 is 0 Å². The molecule has 2 aromatic rings. The van der Waals surface area contributed by atoms with E-state index in [-0.39, 0.29) is 11.9 Å². The van der Waals surface area contributed by atoms with E-state index in [0.717, 1.165) is 62.2 Å². The molecule has 1 saturated heterocycles. The lowest BCUT2D eigenvalue weighted by Gasteiger charge is -2.25. The van der Waals surface area contributed by atoms with Crippen molar-refractivity contribution in [3.05, 3.63) is 30.1 Å². The topological polar surface area (TPSA) is 47.4 Å². The lowest BCUT2D eigenvalue weighted by atomic mass is 10.1. The number of ether oxygens (including phenoxy) is 1. The number of fused-ring (bicyclic) bond motifs is 1. The van der Waals surface area contributed by atoms with Gasteiger partial charge in [-0.05, 0) is 44.7 Å². The van der Waals surface area contributed by atoms with Crippen molar-refractivity contribution in [2.75, 3.05) is 20.3 Å². The zero-order valence-corrected chi connectivity index (χ0v) is 14.7. The van der Waals surface area contributed by atoms with Crippen molar-refractivity contribution in [1.82, 2.24) is 14.5 Å². The van der Waals surface area contributed by atoms with E-state index in [2.05, 4.69) is 23.6 Å². The minimum Gasteiger partial charge on any atom is -0.385 e. The number of nitrogens with zero attached hydrogens (tertiary/aromatic N) is 3. The van der Waals surface area contributed by atoms with Gasteiger partial charge in [0.15, 0.2) is 0 Å². The lowest BCUT2D eigenvalue weighted by Crippen LogP contribution is -2.31. The number of unbranched alkanes of at least 4 members (excludes halogenated alkanes) is 1. The summed E-state index contributed by atoms with van der Waals surface area (Å²) in [6.07, 6.45) is 4.50. The van der Waals surface area contributed by atoms with Gasteiger partial charge in [-0.2, -0.15) is 0 Å². The van der Waals surface area contributed by atoms with Crippen molar-refractivity contribution in [3.8, 4) is 0 Å². The van der Waals surface area contributed by atoms with E-state index in [1.54, 1.807) is 7.11 Å². The van der Waals surface area contributed by atoms with Gasteiger partial charge in [0.05, 0.1) is 17.1 Å². The molecule has 1 aromatic carbocycles. The highest BCUT2D eigenvalue weighted by atomic mass is 16.5. The smallest absolute Gasteiger partial charge is 0.223 e. The molecule has 1 atom stereocenters. The second kappa shape index (κ2) is 7.79. The van der Waals surface area contributed by atoms with E-state index < -0.39 is 0 Å². The van der Waals surface area contributed by atoms with Gasteiger partial charge in [-0.1, -0.05) is 12.1 Å². The number of hydrogen-bond donors (Lipinski definition) is 0. The molecule has 0 aliphatic carbocycles. The maximum absolute atomic E-state index is 12.7. The first kappa shape index (κ1) is 17.0. The molecule has 5 nitrogen and oxygen atoms in total. The van der Waals surface area contributed by atoms with Crippen LogP contribution in [0.4, 0.5) is 0 Å². The number of aryl methyl sites for hydroxylation is 1. The number of para-hydroxylation sites is 2. The number of rotatable bonds is 7. The highest BCUT2D eigenvalue weighted by molar-refractivity contribution is 5.78. The molecule has 3 rings (SSSR count). The molecule has 130 valence electrons. The van der Waals surface area contributed by atoms with Gasteiger partial charge in [-0.25, -0.2) is 4.98 Å². The number of carbonyl (C=O) groups excluding carboxylic acids is 1. The minimum absolute atomic E-state index is 0.118. The van der Waals surface area contributed by atoms with Gasteiger partial charge in [0.25, 0.3) is 0 Å². The standard InChI is InChI=1S/C19H27N3O2/c1-3-21-16-10-5-4-9-15(16)20-19(21)17-11-8-13-22(17)18(23)12-6-7-14-24-2/h4-5,9-10,17H,3,6-8,11-14H2,1-2H3. The molecule has 5 heteroatoms. The van der Waals surface area contributed by atoms with Gasteiger partial charge < -0.3 is 14.2 Å². The summed E-state index contributed by atoms with van der Waals surface area (Å²) in [7, 11) is 1.70. The fourth-order valence-electron chi connectivity index (χ4n) is 3.68. The van der Waals surface area contributed by atoms with Crippen LogP contribution in [0.3, 0.4) is 0 Å². The molecule has 2 heterocycles. The van der Waals surface area contributed by atoms with Crippen LogP contribution in [0.1, 0.15) is 50.9 Å². The fraction of sp³-hybridized carbons (Fsp3) is 0.579. The summed E-state index contributed by atoms with van der Waals surface area (Å²) in [6, 6.07) is 8.35. The molecule has 1 unspecified atom stereocenters. The zero-order chi connectivity index (χ0) is 16.9. The summed E-state index contributed by atoms with van der Waals surface area (Å²) in [6.45, 7) is 4.59. The van der Waals surface area contributed by atoms with Crippen molar-refractivity contribution in [1.29, 1.82) is 0 Å². The second-order valence-corrected chi connectivity index (χ2v) is 6.40. The van der Waals surface area contributed by atoms with E-state index in [0.29, 0.717) is 6.42 Å². The van der Waals surface area contributed by atoms with Gasteiger partial charge in [0, 0.05) is 33.2 Å². The number of imidazole rings is 1. The third kappa shape index (κ3) is 3.31. The number of likely N-dealkylation sites (tertiary alicyclic amines) is 1. The first-order valence-corrected chi connectivity index (χ1v) is 8.99. The van der Waals surface area contributed by atoms with Crippen molar-refractivity contribution >= 4 is 16.9 Å². The molecule has 0 bridgehead atoms. The Morgan fingerprint density at radius 1 is 1.33 bits per heavy atom. The molecule has 1 amide bonds. The van der Waals surface area contributed by atoms with E-state index >= 15 is 0 Å². The minimum atomic E-state index is 0.118. The van der Waals surface area contributed by atoms with Crippen LogP contribution < -0.4 is 0 Å². The molecule has 0 saturated carbocycles.